The van der Waals surface area contributed by atoms with Crippen LogP contribution in [0.5, 0.6) is 5.75 Å². The third-order valence-electron chi connectivity index (χ3n) is 6.13. The van der Waals surface area contributed by atoms with Crippen LogP contribution in [0.2, 0.25) is 0 Å². The molecular formula is C21H25FN2O4. The average molecular weight is 388 g/mol. The van der Waals surface area contributed by atoms with Gasteiger partial charge in [0.15, 0.2) is 5.82 Å². The van der Waals surface area contributed by atoms with Crippen LogP contribution in [0, 0.1) is 11.7 Å². The van der Waals surface area contributed by atoms with Gasteiger partial charge in [-0.1, -0.05) is 6.08 Å². The Kier molecular flexibility index (Phi) is 4.87. The van der Waals surface area contributed by atoms with Gasteiger partial charge in [-0.3, -0.25) is 4.79 Å². The number of halogens is 1. The van der Waals surface area contributed by atoms with Crippen molar-refractivity contribution in [1.82, 2.24) is 5.32 Å². The highest BCUT2D eigenvalue weighted by molar-refractivity contribution is 6.25. The predicted molar refractivity (Wildman–Crippen MR) is 103 cm³/mol. The summed E-state index contributed by atoms with van der Waals surface area (Å²) in [6, 6.07) is 1.47. The number of anilines is 1. The number of nitrogens with zero attached hydrogens (tertiary/aromatic N) is 1. The van der Waals surface area contributed by atoms with Gasteiger partial charge in [-0.05, 0) is 44.7 Å². The standard InChI is InChI=1S/C21H25FN2O4/c1-23-12-4-3-7-24(10-12)18-16(22)9-14-17(20(18)28-2)13(11-5-6-11)8-15(19(14)25)21(26)27/h8-9,11-13,23H,3-7,10H2,1-2H3,(H,26,27)/t12-,13-/m1/s1. The molecule has 7 heteroatoms. The molecular weight excluding hydrogens is 363 g/mol. The van der Waals surface area contributed by atoms with Crippen molar-refractivity contribution in [3.8, 4) is 5.75 Å². The highest BCUT2D eigenvalue weighted by Crippen LogP contribution is 2.52. The normalized spacial score (nSPS) is 24.6. The Morgan fingerprint density at radius 2 is 2.11 bits per heavy atom. The van der Waals surface area contributed by atoms with Crippen molar-refractivity contribution in [3.05, 3.63) is 34.7 Å². The number of fused-ring (bicyclic) bond motifs is 1. The molecule has 0 aromatic heterocycles. The first-order valence-electron chi connectivity index (χ1n) is 9.78. The summed E-state index contributed by atoms with van der Waals surface area (Å²) in [5, 5.41) is 12.7. The lowest BCUT2D eigenvalue weighted by atomic mass is 9.79. The first-order chi connectivity index (χ1) is 13.5. The van der Waals surface area contributed by atoms with E-state index in [0.29, 0.717) is 30.1 Å². The van der Waals surface area contributed by atoms with Crippen LogP contribution in [0.3, 0.4) is 0 Å². The zero-order valence-electron chi connectivity index (χ0n) is 16.1. The summed E-state index contributed by atoms with van der Waals surface area (Å²) >= 11 is 0. The number of methoxy groups -OCH3 is 1. The molecule has 2 N–H and O–H groups in total. The van der Waals surface area contributed by atoms with Gasteiger partial charge < -0.3 is 20.1 Å². The van der Waals surface area contributed by atoms with Gasteiger partial charge in [0.25, 0.3) is 0 Å². The summed E-state index contributed by atoms with van der Waals surface area (Å²) in [4.78, 5) is 26.3. The molecule has 1 aromatic carbocycles. The summed E-state index contributed by atoms with van der Waals surface area (Å²) in [6.07, 6.45) is 5.42. The van der Waals surface area contributed by atoms with E-state index in [4.69, 9.17) is 4.74 Å². The molecule has 1 saturated carbocycles. The fraction of sp³-hybridized carbons (Fsp3) is 0.524. The van der Waals surface area contributed by atoms with E-state index in [1.165, 1.54) is 13.2 Å². The number of carboxylic acids is 1. The molecule has 28 heavy (non-hydrogen) atoms. The molecule has 150 valence electrons. The van der Waals surface area contributed by atoms with E-state index in [1.807, 2.05) is 11.9 Å². The number of rotatable bonds is 5. The number of benzene rings is 1. The number of ether oxygens (including phenoxy) is 1. The lowest BCUT2D eigenvalue weighted by Crippen LogP contribution is -2.45. The largest absolute Gasteiger partial charge is 0.494 e. The molecule has 3 aliphatic rings. The Labute approximate surface area is 163 Å². The van der Waals surface area contributed by atoms with Crippen molar-refractivity contribution in [1.29, 1.82) is 0 Å². The smallest absolute Gasteiger partial charge is 0.339 e. The number of carboxylic acid groups (broad SMARTS) is 1. The van der Waals surface area contributed by atoms with Crippen LogP contribution in [0.25, 0.3) is 0 Å². The summed E-state index contributed by atoms with van der Waals surface area (Å²) < 4.78 is 20.9. The zero-order chi connectivity index (χ0) is 20.0. The topological polar surface area (TPSA) is 78.9 Å². The SMILES string of the molecule is CN[C@@H]1CCCN(c2c(F)cc3c(c2OC)[C@@H](C2CC2)C=C(C(=O)O)C3=O)C1. The third kappa shape index (κ3) is 3.07. The van der Waals surface area contributed by atoms with Crippen LogP contribution < -0.4 is 15.0 Å². The van der Waals surface area contributed by atoms with E-state index >= 15 is 4.39 Å². The van der Waals surface area contributed by atoms with E-state index in [-0.39, 0.29) is 29.0 Å². The van der Waals surface area contributed by atoms with Crippen LogP contribution in [0.4, 0.5) is 10.1 Å². The summed E-state index contributed by atoms with van der Waals surface area (Å²) in [6.45, 7) is 1.36. The van der Waals surface area contributed by atoms with Crippen molar-refractivity contribution in [3.63, 3.8) is 0 Å². The van der Waals surface area contributed by atoms with Gasteiger partial charge in [-0.15, -0.1) is 0 Å². The van der Waals surface area contributed by atoms with Crippen molar-refractivity contribution >= 4 is 17.4 Å². The third-order valence-corrected chi connectivity index (χ3v) is 6.13. The van der Waals surface area contributed by atoms with Gasteiger partial charge in [0.1, 0.15) is 17.0 Å². The Balaban J connectivity index is 1.86. The second-order valence-electron chi connectivity index (χ2n) is 7.85. The van der Waals surface area contributed by atoms with Crippen LogP contribution in [-0.4, -0.2) is 50.1 Å². The number of hydrogen-bond donors (Lipinski definition) is 2. The van der Waals surface area contributed by atoms with Crippen LogP contribution in [0.15, 0.2) is 17.7 Å². The van der Waals surface area contributed by atoms with Gasteiger partial charge in [0.2, 0.25) is 5.78 Å². The van der Waals surface area contributed by atoms with Gasteiger partial charge in [-0.25, -0.2) is 9.18 Å². The molecule has 1 aromatic rings. The maximum atomic E-state index is 15.2. The number of hydrogen-bond acceptors (Lipinski definition) is 5. The fourth-order valence-corrected chi connectivity index (χ4v) is 4.55. The number of nitrogens with one attached hydrogen (secondary N) is 1. The Morgan fingerprint density at radius 3 is 2.71 bits per heavy atom. The first-order valence-corrected chi connectivity index (χ1v) is 9.78. The Morgan fingerprint density at radius 1 is 1.36 bits per heavy atom. The molecule has 1 heterocycles. The average Bonchev–Trinajstić information content (AvgIpc) is 3.52. The minimum atomic E-state index is -1.27. The number of carbonyl (C=O) groups excluding carboxylic acids is 1. The van der Waals surface area contributed by atoms with E-state index in [0.717, 1.165) is 25.7 Å². The van der Waals surface area contributed by atoms with E-state index < -0.39 is 17.6 Å². The number of ketones is 1. The van der Waals surface area contributed by atoms with Crippen LogP contribution in [0.1, 0.15) is 47.5 Å². The second kappa shape index (κ2) is 7.20. The van der Waals surface area contributed by atoms with Crippen molar-refractivity contribution in [2.75, 3.05) is 32.1 Å². The van der Waals surface area contributed by atoms with Gasteiger partial charge in [0, 0.05) is 36.2 Å². The molecule has 0 bridgehead atoms. The van der Waals surface area contributed by atoms with Gasteiger partial charge in [0.05, 0.1) is 7.11 Å². The molecule has 6 nitrogen and oxygen atoms in total. The quantitative estimate of drug-likeness (QED) is 0.755. The number of Topliss-reactive ketones (excluding diaryl/α,β-unsaturated/α-hetero) is 1. The highest BCUT2D eigenvalue weighted by atomic mass is 19.1. The molecule has 0 spiro atoms. The molecule has 2 aliphatic carbocycles. The van der Waals surface area contributed by atoms with Crippen molar-refractivity contribution in [2.45, 2.75) is 37.6 Å². The summed E-state index contributed by atoms with van der Waals surface area (Å²) in [7, 11) is 3.39. The molecule has 2 atom stereocenters. The summed E-state index contributed by atoms with van der Waals surface area (Å²) in [5.74, 6) is -2.05. The van der Waals surface area contributed by atoms with Crippen molar-refractivity contribution < 1.29 is 23.8 Å². The van der Waals surface area contributed by atoms with Crippen LogP contribution >= 0.6 is 0 Å². The van der Waals surface area contributed by atoms with Gasteiger partial charge >= 0.3 is 5.97 Å². The van der Waals surface area contributed by atoms with Crippen molar-refractivity contribution in [2.24, 2.45) is 5.92 Å². The molecule has 2 fully saturated rings. The second-order valence-corrected chi connectivity index (χ2v) is 7.85. The molecule has 0 unspecified atom stereocenters. The number of likely N-dealkylation sites (N-methyl/N-ethyl adjacent to an activating group) is 1. The Hall–Kier alpha value is -2.41. The van der Waals surface area contributed by atoms with Crippen LogP contribution in [-0.2, 0) is 4.79 Å². The molecule has 1 aliphatic heterocycles. The fourth-order valence-electron chi connectivity index (χ4n) is 4.55. The number of aliphatic carboxylic acids is 1. The molecule has 1 saturated heterocycles. The zero-order valence-corrected chi connectivity index (χ0v) is 16.1. The van der Waals surface area contributed by atoms with E-state index in [1.54, 1.807) is 6.08 Å². The lowest BCUT2D eigenvalue weighted by Gasteiger charge is -2.36. The number of carbonyl (C=O) groups is 2. The Bertz CT molecular complexity index is 862. The monoisotopic (exact) mass is 388 g/mol. The van der Waals surface area contributed by atoms with E-state index in [2.05, 4.69) is 5.32 Å². The summed E-state index contributed by atoms with van der Waals surface area (Å²) in [5.41, 5.74) is 0.874. The van der Waals surface area contributed by atoms with E-state index in [9.17, 15) is 14.7 Å². The highest BCUT2D eigenvalue weighted by Gasteiger charge is 2.42. The number of piperidine rings is 1. The lowest BCUT2D eigenvalue weighted by molar-refractivity contribution is -0.132. The maximum absolute atomic E-state index is 15.2. The van der Waals surface area contributed by atoms with Gasteiger partial charge in [-0.2, -0.15) is 0 Å². The maximum Gasteiger partial charge on any atom is 0.339 e. The minimum absolute atomic E-state index is 0.122. The minimum Gasteiger partial charge on any atom is -0.494 e. The molecule has 0 amide bonds. The number of allylic oxidation sites excluding steroid dienone is 1. The molecule has 0 radical (unpaired) electrons. The first kappa shape index (κ1) is 18.9. The molecule has 4 rings (SSSR count). The predicted octanol–water partition coefficient (Wildman–Crippen LogP) is 2.72.